The maximum absolute atomic E-state index is 12.2. The first-order chi connectivity index (χ1) is 9.06. The van der Waals surface area contributed by atoms with Gasteiger partial charge in [0, 0.05) is 26.6 Å². The zero-order chi connectivity index (χ0) is 14.3. The minimum atomic E-state index is -0.848. The number of nitrogens with two attached hydrogens (primary N) is 1. The molecule has 0 heterocycles. The fourth-order valence-electron chi connectivity index (χ4n) is 1.91. The molecule has 1 rings (SSSR count). The van der Waals surface area contributed by atoms with Gasteiger partial charge in [-0.25, -0.2) is 0 Å². The molecule has 0 aliphatic rings. The minimum absolute atomic E-state index is 0.0657. The average molecular weight is 264 g/mol. The molecule has 0 aliphatic heterocycles. The summed E-state index contributed by atoms with van der Waals surface area (Å²) >= 11 is 0. The lowest BCUT2D eigenvalue weighted by atomic mass is 9.98. The number of carbonyl (C=O) groups excluding carboxylic acids is 1. The van der Waals surface area contributed by atoms with Gasteiger partial charge >= 0.3 is 5.97 Å². The van der Waals surface area contributed by atoms with E-state index in [1.807, 2.05) is 30.3 Å². The number of benzene rings is 1. The van der Waals surface area contributed by atoms with Crippen molar-refractivity contribution in [3.8, 4) is 0 Å². The summed E-state index contributed by atoms with van der Waals surface area (Å²) in [6.45, 7) is 0.667. The van der Waals surface area contributed by atoms with Crippen molar-refractivity contribution in [1.29, 1.82) is 0 Å². The number of hydrogen-bond donors (Lipinski definition) is 2. The molecule has 0 radical (unpaired) electrons. The Morgan fingerprint density at radius 1 is 1.32 bits per heavy atom. The highest BCUT2D eigenvalue weighted by Crippen LogP contribution is 2.16. The molecule has 5 nitrogen and oxygen atoms in total. The molecule has 1 unspecified atom stereocenters. The monoisotopic (exact) mass is 264 g/mol. The van der Waals surface area contributed by atoms with Crippen molar-refractivity contribution in [1.82, 2.24) is 4.90 Å². The van der Waals surface area contributed by atoms with Crippen molar-refractivity contribution in [3.05, 3.63) is 35.9 Å². The van der Waals surface area contributed by atoms with Gasteiger partial charge in [0.15, 0.2) is 0 Å². The molecular formula is C14H20N2O3. The van der Waals surface area contributed by atoms with Crippen LogP contribution in [0.4, 0.5) is 0 Å². The van der Waals surface area contributed by atoms with E-state index in [-0.39, 0.29) is 24.8 Å². The van der Waals surface area contributed by atoms with Gasteiger partial charge in [-0.2, -0.15) is 0 Å². The largest absolute Gasteiger partial charge is 0.481 e. The lowest BCUT2D eigenvalue weighted by molar-refractivity contribution is -0.138. The quantitative estimate of drug-likeness (QED) is 0.771. The van der Waals surface area contributed by atoms with E-state index in [1.165, 1.54) is 0 Å². The zero-order valence-corrected chi connectivity index (χ0v) is 11.1. The number of rotatable bonds is 7. The lowest BCUT2D eigenvalue weighted by Crippen LogP contribution is -2.36. The second kappa shape index (κ2) is 7.53. The van der Waals surface area contributed by atoms with Gasteiger partial charge in [-0.1, -0.05) is 30.3 Å². The van der Waals surface area contributed by atoms with Gasteiger partial charge in [0.1, 0.15) is 0 Å². The number of amides is 1. The first-order valence-electron chi connectivity index (χ1n) is 6.28. The third-order valence-corrected chi connectivity index (χ3v) is 3.00. The van der Waals surface area contributed by atoms with Crippen molar-refractivity contribution in [3.63, 3.8) is 0 Å². The number of carboxylic acid groups (broad SMARTS) is 1. The van der Waals surface area contributed by atoms with Crippen molar-refractivity contribution >= 4 is 11.9 Å². The molecule has 1 amide bonds. The van der Waals surface area contributed by atoms with Crippen LogP contribution in [0.1, 0.15) is 24.3 Å². The van der Waals surface area contributed by atoms with Crippen LogP contribution in [-0.2, 0) is 9.59 Å². The van der Waals surface area contributed by atoms with Crippen LogP contribution in [-0.4, -0.2) is 42.0 Å². The average Bonchev–Trinajstić information content (AvgIpc) is 2.40. The van der Waals surface area contributed by atoms with Gasteiger partial charge in [-0.05, 0) is 12.0 Å². The second-order valence-electron chi connectivity index (χ2n) is 4.46. The maximum atomic E-state index is 12.2. The Bertz CT molecular complexity index is 420. The highest BCUT2D eigenvalue weighted by molar-refractivity contribution is 5.83. The molecule has 104 valence electrons. The van der Waals surface area contributed by atoms with Crippen LogP contribution in [0.15, 0.2) is 30.3 Å². The van der Waals surface area contributed by atoms with E-state index >= 15 is 0 Å². The summed E-state index contributed by atoms with van der Waals surface area (Å²) in [6.07, 6.45) is 0.514. The van der Waals surface area contributed by atoms with E-state index < -0.39 is 5.97 Å². The second-order valence-corrected chi connectivity index (χ2v) is 4.46. The van der Waals surface area contributed by atoms with E-state index in [2.05, 4.69) is 0 Å². The Morgan fingerprint density at radius 2 is 1.95 bits per heavy atom. The Labute approximate surface area is 113 Å². The fourth-order valence-corrected chi connectivity index (χ4v) is 1.91. The van der Waals surface area contributed by atoms with Crippen LogP contribution in [0, 0.1) is 0 Å². The maximum Gasteiger partial charge on any atom is 0.303 e. The van der Waals surface area contributed by atoms with Crippen molar-refractivity contribution < 1.29 is 14.7 Å². The molecule has 1 aromatic carbocycles. The highest BCUT2D eigenvalue weighted by atomic mass is 16.4. The van der Waals surface area contributed by atoms with Gasteiger partial charge in [0.2, 0.25) is 5.91 Å². The first-order valence-corrected chi connectivity index (χ1v) is 6.28. The molecule has 3 N–H and O–H groups in total. The molecule has 0 saturated carbocycles. The molecule has 5 heteroatoms. The van der Waals surface area contributed by atoms with E-state index in [9.17, 15) is 9.59 Å². The first kappa shape index (κ1) is 15.2. The number of likely N-dealkylation sites (N-methyl/N-ethyl adjacent to an activating group) is 1. The molecule has 1 atom stereocenters. The van der Waals surface area contributed by atoms with Crippen LogP contribution in [0.2, 0.25) is 0 Å². The number of hydrogen-bond acceptors (Lipinski definition) is 3. The third kappa shape index (κ3) is 4.71. The SMILES string of the molecule is CN(CCCC(=O)O)C(=O)C(CN)c1ccccc1. The molecular weight excluding hydrogens is 244 g/mol. The number of carbonyl (C=O) groups is 2. The topological polar surface area (TPSA) is 83.6 Å². The Kier molecular flexibility index (Phi) is 6.02. The molecule has 0 saturated heterocycles. The smallest absolute Gasteiger partial charge is 0.303 e. The minimum Gasteiger partial charge on any atom is -0.481 e. The highest BCUT2D eigenvalue weighted by Gasteiger charge is 2.22. The van der Waals surface area contributed by atoms with E-state index in [1.54, 1.807) is 11.9 Å². The molecule has 0 aliphatic carbocycles. The summed E-state index contributed by atoms with van der Waals surface area (Å²) in [5.41, 5.74) is 6.57. The summed E-state index contributed by atoms with van der Waals surface area (Å²) in [4.78, 5) is 24.2. The Morgan fingerprint density at radius 3 is 2.47 bits per heavy atom. The van der Waals surface area contributed by atoms with Gasteiger partial charge in [0.05, 0.1) is 5.92 Å². The predicted molar refractivity (Wildman–Crippen MR) is 72.7 cm³/mol. The normalized spacial score (nSPS) is 11.9. The summed E-state index contributed by atoms with van der Waals surface area (Å²) in [6, 6.07) is 9.38. The summed E-state index contributed by atoms with van der Waals surface area (Å²) in [5, 5.41) is 8.57. The van der Waals surface area contributed by atoms with Gasteiger partial charge in [-0.15, -0.1) is 0 Å². The molecule has 0 aromatic heterocycles. The Hall–Kier alpha value is -1.88. The predicted octanol–water partition coefficient (Wildman–Crippen LogP) is 1.05. The summed E-state index contributed by atoms with van der Waals surface area (Å²) in [5.74, 6) is -1.28. The summed E-state index contributed by atoms with van der Waals surface area (Å²) in [7, 11) is 1.68. The van der Waals surface area contributed by atoms with Gasteiger partial charge in [0.25, 0.3) is 0 Å². The molecule has 1 aromatic rings. The van der Waals surface area contributed by atoms with Gasteiger partial charge < -0.3 is 15.7 Å². The van der Waals surface area contributed by atoms with Gasteiger partial charge in [-0.3, -0.25) is 9.59 Å². The van der Waals surface area contributed by atoms with Crippen LogP contribution in [0.25, 0.3) is 0 Å². The third-order valence-electron chi connectivity index (χ3n) is 3.00. The number of aliphatic carboxylic acids is 1. The van der Waals surface area contributed by atoms with Crippen molar-refractivity contribution in [2.45, 2.75) is 18.8 Å². The van der Waals surface area contributed by atoms with Crippen molar-refractivity contribution in [2.24, 2.45) is 5.73 Å². The van der Waals surface area contributed by atoms with E-state index in [4.69, 9.17) is 10.8 Å². The standard InChI is InChI=1S/C14H20N2O3/c1-16(9-5-8-13(17)18)14(19)12(10-15)11-6-3-2-4-7-11/h2-4,6-7,12H,5,8-10,15H2,1H3,(H,17,18). The van der Waals surface area contributed by atoms with Crippen LogP contribution in [0.5, 0.6) is 0 Å². The fraction of sp³-hybridized carbons (Fsp3) is 0.429. The van der Waals surface area contributed by atoms with Crippen LogP contribution in [0.3, 0.4) is 0 Å². The van der Waals surface area contributed by atoms with Crippen LogP contribution < -0.4 is 5.73 Å². The number of nitrogens with zero attached hydrogens (tertiary/aromatic N) is 1. The molecule has 19 heavy (non-hydrogen) atoms. The Balaban J connectivity index is 2.61. The lowest BCUT2D eigenvalue weighted by Gasteiger charge is -2.23. The van der Waals surface area contributed by atoms with E-state index in [0.717, 1.165) is 5.56 Å². The summed E-state index contributed by atoms with van der Waals surface area (Å²) < 4.78 is 0. The van der Waals surface area contributed by atoms with E-state index in [0.29, 0.717) is 13.0 Å². The van der Waals surface area contributed by atoms with Crippen molar-refractivity contribution in [2.75, 3.05) is 20.1 Å². The molecule has 0 spiro atoms. The zero-order valence-electron chi connectivity index (χ0n) is 11.1. The molecule has 0 fully saturated rings. The number of carboxylic acids is 1. The molecule has 0 bridgehead atoms. The van der Waals surface area contributed by atoms with Crippen LogP contribution >= 0.6 is 0 Å².